The van der Waals surface area contributed by atoms with E-state index in [0.29, 0.717) is 18.9 Å². The fourth-order valence-corrected chi connectivity index (χ4v) is 4.02. The molecule has 1 aromatic carbocycles. The van der Waals surface area contributed by atoms with Crippen molar-refractivity contribution in [1.82, 2.24) is 9.78 Å². The molecule has 1 aliphatic rings. The number of allylic oxidation sites excluding steroid dienone is 1. The van der Waals surface area contributed by atoms with Crippen LogP contribution in [0.15, 0.2) is 36.7 Å². The highest BCUT2D eigenvalue weighted by Gasteiger charge is 2.24. The lowest BCUT2D eigenvalue weighted by molar-refractivity contribution is -0.134. The first kappa shape index (κ1) is 24.5. The van der Waals surface area contributed by atoms with E-state index in [1.807, 2.05) is 18.3 Å². The number of carbonyl (C=O) groups excluding carboxylic acids is 1. The summed E-state index contributed by atoms with van der Waals surface area (Å²) in [5.41, 5.74) is 4.09. The number of aromatic nitrogens is 2. The number of benzene rings is 1. The molecule has 2 aromatic rings. The van der Waals surface area contributed by atoms with E-state index in [4.69, 9.17) is 11.9 Å². The third-order valence-electron chi connectivity index (χ3n) is 6.02. The Morgan fingerprint density at radius 3 is 2.81 bits per heavy atom. The standard InChI is InChI=1S/C26H35ClN2O3/c1-2-3-4-5-6-7-8-10-21-17-20(22-18-28-29(19-22)23-14-15-23)13-16-24(21)25(30)11-9-12-26(31)32-27/h8,10,13,16-19,23,25,30H,2-7,9,11-12,14-15H2,1H3/b10-8+. The highest BCUT2D eigenvalue weighted by Crippen LogP contribution is 2.36. The molecule has 6 heteroatoms. The van der Waals surface area contributed by atoms with Gasteiger partial charge in [0.15, 0.2) is 0 Å². The van der Waals surface area contributed by atoms with Gasteiger partial charge in [0.2, 0.25) is 0 Å². The van der Waals surface area contributed by atoms with E-state index in [1.54, 1.807) is 0 Å². The zero-order valence-electron chi connectivity index (χ0n) is 19.0. The van der Waals surface area contributed by atoms with Crippen molar-refractivity contribution >= 4 is 23.9 Å². The Labute approximate surface area is 196 Å². The van der Waals surface area contributed by atoms with E-state index in [-0.39, 0.29) is 6.42 Å². The Balaban J connectivity index is 1.70. The summed E-state index contributed by atoms with van der Waals surface area (Å²) in [7, 11) is 0. The zero-order valence-corrected chi connectivity index (χ0v) is 19.8. The molecule has 32 heavy (non-hydrogen) atoms. The minimum absolute atomic E-state index is 0.196. The van der Waals surface area contributed by atoms with E-state index in [2.05, 4.69) is 45.4 Å². The Morgan fingerprint density at radius 1 is 1.25 bits per heavy atom. The minimum atomic E-state index is -0.648. The van der Waals surface area contributed by atoms with Crippen LogP contribution in [0.3, 0.4) is 0 Å². The molecule has 5 nitrogen and oxygen atoms in total. The van der Waals surface area contributed by atoms with Crippen molar-refractivity contribution in [2.24, 2.45) is 0 Å². The number of unbranched alkanes of at least 4 members (excludes halogenated alkanes) is 5. The molecule has 1 fully saturated rings. The van der Waals surface area contributed by atoms with Crippen LogP contribution in [0.5, 0.6) is 0 Å². The maximum Gasteiger partial charge on any atom is 0.324 e. The first-order chi connectivity index (χ1) is 15.6. The third-order valence-corrected chi connectivity index (χ3v) is 6.19. The molecular weight excluding hydrogens is 424 g/mol. The first-order valence-electron chi connectivity index (χ1n) is 12.0. The summed E-state index contributed by atoms with van der Waals surface area (Å²) in [4.78, 5) is 11.3. The maximum atomic E-state index is 11.3. The lowest BCUT2D eigenvalue weighted by atomic mass is 9.94. The van der Waals surface area contributed by atoms with Gasteiger partial charge in [0.25, 0.3) is 0 Å². The van der Waals surface area contributed by atoms with Gasteiger partial charge in [0.1, 0.15) is 11.9 Å². The molecule has 1 aromatic heterocycles. The predicted molar refractivity (Wildman–Crippen MR) is 129 cm³/mol. The highest BCUT2D eigenvalue weighted by molar-refractivity contribution is 6.13. The molecule has 0 amide bonds. The van der Waals surface area contributed by atoms with Gasteiger partial charge in [-0.3, -0.25) is 9.48 Å². The molecule has 0 radical (unpaired) electrons. The summed E-state index contributed by atoms with van der Waals surface area (Å²) < 4.78 is 6.24. The molecule has 1 N–H and O–H groups in total. The van der Waals surface area contributed by atoms with Crippen LogP contribution in [-0.2, 0) is 9.08 Å². The van der Waals surface area contributed by atoms with Crippen molar-refractivity contribution in [3.05, 3.63) is 47.8 Å². The van der Waals surface area contributed by atoms with Gasteiger partial charge in [0.05, 0.1) is 18.3 Å². The molecule has 0 bridgehead atoms. The molecule has 1 heterocycles. The van der Waals surface area contributed by atoms with Crippen molar-refractivity contribution in [2.45, 2.75) is 89.7 Å². The van der Waals surface area contributed by atoms with Gasteiger partial charge in [-0.25, -0.2) is 0 Å². The summed E-state index contributed by atoms with van der Waals surface area (Å²) in [6, 6.07) is 6.72. The van der Waals surface area contributed by atoms with E-state index in [9.17, 15) is 9.90 Å². The maximum absolute atomic E-state index is 11.3. The van der Waals surface area contributed by atoms with Crippen LogP contribution in [-0.4, -0.2) is 20.9 Å². The SMILES string of the molecule is CCCCCCC/C=C/c1cc(-c2cnn(C3CC3)c2)ccc1C(O)CCCC(=O)OCl. The van der Waals surface area contributed by atoms with E-state index in [0.717, 1.165) is 28.7 Å². The van der Waals surface area contributed by atoms with E-state index in [1.165, 1.54) is 44.9 Å². The highest BCUT2D eigenvalue weighted by atomic mass is 35.5. The molecule has 0 saturated heterocycles. The van der Waals surface area contributed by atoms with E-state index < -0.39 is 12.1 Å². The molecule has 1 saturated carbocycles. The van der Waals surface area contributed by atoms with Crippen molar-refractivity contribution in [3.63, 3.8) is 0 Å². The molecule has 0 spiro atoms. The van der Waals surface area contributed by atoms with Gasteiger partial charge >= 0.3 is 5.97 Å². The van der Waals surface area contributed by atoms with Crippen LogP contribution in [0, 0.1) is 0 Å². The summed E-state index contributed by atoms with van der Waals surface area (Å²) in [5.74, 6) is -0.468. The Morgan fingerprint density at radius 2 is 2.06 bits per heavy atom. The average molecular weight is 459 g/mol. The average Bonchev–Trinajstić information content (AvgIpc) is 3.54. The quantitative estimate of drug-likeness (QED) is 0.305. The molecule has 0 aliphatic heterocycles. The number of halogens is 1. The van der Waals surface area contributed by atoms with Crippen molar-refractivity contribution in [1.29, 1.82) is 0 Å². The first-order valence-corrected chi connectivity index (χ1v) is 12.3. The molecule has 1 aliphatic carbocycles. The molecular formula is C26H35ClN2O3. The second-order valence-corrected chi connectivity index (χ2v) is 8.90. The fourth-order valence-electron chi connectivity index (χ4n) is 3.94. The van der Waals surface area contributed by atoms with Crippen LogP contribution >= 0.6 is 11.9 Å². The van der Waals surface area contributed by atoms with Gasteiger partial charge < -0.3 is 9.40 Å². The lowest BCUT2D eigenvalue weighted by Gasteiger charge is -2.15. The van der Waals surface area contributed by atoms with Gasteiger partial charge in [-0.2, -0.15) is 5.10 Å². The number of hydrogen-bond acceptors (Lipinski definition) is 4. The van der Waals surface area contributed by atoms with Gasteiger partial charge in [-0.1, -0.05) is 56.9 Å². The molecule has 174 valence electrons. The Hall–Kier alpha value is -2.11. The summed E-state index contributed by atoms with van der Waals surface area (Å²) in [6.45, 7) is 2.23. The fraction of sp³-hybridized carbons (Fsp3) is 0.538. The second kappa shape index (κ2) is 12.8. The lowest BCUT2D eigenvalue weighted by Crippen LogP contribution is -2.03. The number of aliphatic hydroxyl groups excluding tert-OH is 1. The molecule has 3 rings (SSSR count). The molecule has 1 unspecified atom stereocenters. The Kier molecular flexibility index (Phi) is 9.82. The van der Waals surface area contributed by atoms with Crippen molar-refractivity contribution < 1.29 is 14.2 Å². The van der Waals surface area contributed by atoms with Crippen molar-refractivity contribution in [2.75, 3.05) is 0 Å². The summed E-state index contributed by atoms with van der Waals surface area (Å²) in [6.07, 6.45) is 18.6. The second-order valence-electron chi connectivity index (χ2n) is 8.75. The number of aliphatic hydroxyl groups is 1. The van der Waals surface area contributed by atoms with Crippen LogP contribution in [0.2, 0.25) is 0 Å². The molecule has 1 atom stereocenters. The topological polar surface area (TPSA) is 64.3 Å². The predicted octanol–water partition coefficient (Wildman–Crippen LogP) is 7.16. The zero-order chi connectivity index (χ0) is 22.8. The van der Waals surface area contributed by atoms with Gasteiger partial charge in [-0.05, 0) is 61.3 Å². The van der Waals surface area contributed by atoms with E-state index >= 15 is 0 Å². The smallest absolute Gasteiger partial charge is 0.324 e. The van der Waals surface area contributed by atoms with Crippen LogP contribution in [0.1, 0.15) is 101 Å². The van der Waals surface area contributed by atoms with Crippen LogP contribution in [0.25, 0.3) is 17.2 Å². The third kappa shape index (κ3) is 7.49. The minimum Gasteiger partial charge on any atom is -0.388 e. The number of rotatable bonds is 14. The monoisotopic (exact) mass is 458 g/mol. The largest absolute Gasteiger partial charge is 0.388 e. The van der Waals surface area contributed by atoms with Gasteiger partial charge in [0, 0.05) is 18.2 Å². The summed E-state index contributed by atoms with van der Waals surface area (Å²) >= 11 is 5.09. The van der Waals surface area contributed by atoms with Gasteiger partial charge in [-0.15, -0.1) is 0 Å². The van der Waals surface area contributed by atoms with Crippen LogP contribution < -0.4 is 0 Å². The number of hydrogen-bond donors (Lipinski definition) is 1. The summed E-state index contributed by atoms with van der Waals surface area (Å²) in [5, 5.41) is 15.3. The number of nitrogens with zero attached hydrogens (tertiary/aromatic N) is 2. The van der Waals surface area contributed by atoms with Crippen LogP contribution in [0.4, 0.5) is 0 Å². The number of carbonyl (C=O) groups is 1. The Bertz CT molecular complexity index is 889. The normalized spacial score (nSPS) is 14.7. The van der Waals surface area contributed by atoms with Crippen molar-refractivity contribution in [3.8, 4) is 11.1 Å².